The van der Waals surface area contributed by atoms with Crippen LogP contribution in [0.5, 0.6) is 5.75 Å². The highest BCUT2D eigenvalue weighted by Crippen LogP contribution is 2.35. The van der Waals surface area contributed by atoms with Crippen molar-refractivity contribution in [1.29, 1.82) is 0 Å². The predicted octanol–water partition coefficient (Wildman–Crippen LogP) is 3.74. The first kappa shape index (κ1) is 14.0. The zero-order chi connectivity index (χ0) is 13.9. The van der Waals surface area contributed by atoms with E-state index in [0.717, 1.165) is 0 Å². The molecule has 0 aliphatic carbocycles. The van der Waals surface area contributed by atoms with Gasteiger partial charge < -0.3 is 9.84 Å². The van der Waals surface area contributed by atoms with Crippen LogP contribution in [0.25, 0.3) is 0 Å². The van der Waals surface area contributed by atoms with Gasteiger partial charge in [0.15, 0.2) is 0 Å². The van der Waals surface area contributed by atoms with Crippen LogP contribution < -0.4 is 4.74 Å². The Bertz CT molecular complexity index is 535. The second-order valence-corrected chi connectivity index (χ2v) is 5.70. The van der Waals surface area contributed by atoms with Crippen molar-refractivity contribution in [2.75, 3.05) is 7.11 Å². The zero-order valence-corrected chi connectivity index (χ0v) is 11.8. The highest BCUT2D eigenvalue weighted by molar-refractivity contribution is 7.09. The summed E-state index contributed by atoms with van der Waals surface area (Å²) >= 11 is 1.64. The van der Waals surface area contributed by atoms with Crippen LogP contribution in [0.15, 0.2) is 35.7 Å². The lowest BCUT2D eigenvalue weighted by Gasteiger charge is -2.26. The lowest BCUT2D eigenvalue weighted by atomic mass is 9.89. The molecule has 1 N–H and O–H groups in total. The molecular formula is C15H17FO2S. The molecule has 1 heterocycles. The maximum atomic E-state index is 14.0. The minimum atomic E-state index is -1.25. The lowest BCUT2D eigenvalue weighted by molar-refractivity contribution is 0.0419. The molecule has 0 radical (unpaired) electrons. The van der Waals surface area contributed by atoms with Crippen LogP contribution in [-0.2, 0) is 12.0 Å². The van der Waals surface area contributed by atoms with Crippen molar-refractivity contribution < 1.29 is 14.2 Å². The van der Waals surface area contributed by atoms with Crippen molar-refractivity contribution in [3.63, 3.8) is 0 Å². The van der Waals surface area contributed by atoms with E-state index in [4.69, 9.17) is 4.74 Å². The van der Waals surface area contributed by atoms with E-state index in [0.29, 0.717) is 18.6 Å². The topological polar surface area (TPSA) is 29.5 Å². The van der Waals surface area contributed by atoms with Crippen molar-refractivity contribution >= 4 is 11.3 Å². The van der Waals surface area contributed by atoms with Crippen LogP contribution in [0, 0.1) is 5.82 Å². The first-order chi connectivity index (χ1) is 9.04. The van der Waals surface area contributed by atoms with E-state index in [1.54, 1.807) is 30.4 Å². The Morgan fingerprint density at radius 2 is 2.11 bits per heavy atom. The number of hydrogen-bond donors (Lipinski definition) is 1. The van der Waals surface area contributed by atoms with Crippen molar-refractivity contribution in [3.05, 3.63) is 52.0 Å². The molecule has 2 nitrogen and oxygen atoms in total. The third-order valence-corrected chi connectivity index (χ3v) is 4.11. The number of methoxy groups -OCH3 is 1. The van der Waals surface area contributed by atoms with E-state index in [9.17, 15) is 9.50 Å². The van der Waals surface area contributed by atoms with E-state index in [1.807, 2.05) is 17.5 Å². The summed E-state index contributed by atoms with van der Waals surface area (Å²) in [6.07, 6.45) is 1.16. The lowest BCUT2D eigenvalue weighted by Crippen LogP contribution is -2.24. The van der Waals surface area contributed by atoms with Crippen LogP contribution in [0.1, 0.15) is 23.8 Å². The molecule has 2 aromatic rings. The van der Waals surface area contributed by atoms with E-state index in [2.05, 4.69) is 0 Å². The molecule has 4 heteroatoms. The second kappa shape index (κ2) is 5.72. The minimum absolute atomic E-state index is 0.231. The number of ether oxygens (including phenoxy) is 1. The van der Waals surface area contributed by atoms with Crippen molar-refractivity contribution in [1.82, 2.24) is 0 Å². The van der Waals surface area contributed by atoms with E-state index in [-0.39, 0.29) is 5.56 Å². The first-order valence-corrected chi connectivity index (χ1v) is 7.00. The monoisotopic (exact) mass is 280 g/mol. The van der Waals surface area contributed by atoms with Gasteiger partial charge in [-0.3, -0.25) is 0 Å². The summed E-state index contributed by atoms with van der Waals surface area (Å²) in [6.45, 7) is 1.63. The summed E-state index contributed by atoms with van der Waals surface area (Å²) in [5, 5.41) is 12.6. The van der Waals surface area contributed by atoms with Gasteiger partial charge in [0.05, 0.1) is 18.3 Å². The highest BCUT2D eigenvalue weighted by atomic mass is 32.1. The standard InChI is InChI=1S/C15H17FO2S/c1-15(17,9-8-11-5-4-10-19-11)14-12(16)6-3-7-13(14)18-2/h3-7,10,17H,8-9H2,1-2H3. The summed E-state index contributed by atoms with van der Waals surface area (Å²) in [5.74, 6) is -0.0493. The highest BCUT2D eigenvalue weighted by Gasteiger charge is 2.30. The molecule has 102 valence electrons. The van der Waals surface area contributed by atoms with Crippen LogP contribution in [0.4, 0.5) is 4.39 Å². The number of aliphatic hydroxyl groups is 1. The summed E-state index contributed by atoms with van der Waals surface area (Å²) < 4.78 is 19.1. The first-order valence-electron chi connectivity index (χ1n) is 6.12. The van der Waals surface area contributed by atoms with Gasteiger partial charge in [0.2, 0.25) is 0 Å². The zero-order valence-electron chi connectivity index (χ0n) is 11.0. The Hall–Kier alpha value is -1.39. The summed E-state index contributed by atoms with van der Waals surface area (Å²) in [7, 11) is 1.48. The molecule has 19 heavy (non-hydrogen) atoms. The predicted molar refractivity (Wildman–Crippen MR) is 75.2 cm³/mol. The van der Waals surface area contributed by atoms with Crippen LogP contribution in [0.2, 0.25) is 0 Å². The van der Waals surface area contributed by atoms with Gasteiger partial charge in [-0.1, -0.05) is 12.1 Å². The molecule has 0 bridgehead atoms. The number of hydrogen-bond acceptors (Lipinski definition) is 3. The fourth-order valence-electron chi connectivity index (χ4n) is 2.14. The van der Waals surface area contributed by atoms with Gasteiger partial charge in [-0.15, -0.1) is 11.3 Å². The Labute approximate surface area is 116 Å². The third-order valence-electron chi connectivity index (χ3n) is 3.17. The van der Waals surface area contributed by atoms with Gasteiger partial charge in [-0.25, -0.2) is 4.39 Å². The molecule has 1 aromatic carbocycles. The van der Waals surface area contributed by atoms with Crippen LogP contribution >= 0.6 is 11.3 Å². The fourth-order valence-corrected chi connectivity index (χ4v) is 2.85. The molecular weight excluding hydrogens is 263 g/mol. The minimum Gasteiger partial charge on any atom is -0.496 e. The molecule has 0 saturated carbocycles. The SMILES string of the molecule is COc1cccc(F)c1C(C)(O)CCc1cccs1. The van der Waals surface area contributed by atoms with E-state index in [1.165, 1.54) is 18.1 Å². The van der Waals surface area contributed by atoms with Gasteiger partial charge in [-0.2, -0.15) is 0 Å². The Morgan fingerprint density at radius 3 is 2.74 bits per heavy atom. The van der Waals surface area contributed by atoms with Gasteiger partial charge in [0.1, 0.15) is 11.6 Å². The van der Waals surface area contributed by atoms with Gasteiger partial charge in [0, 0.05) is 4.88 Å². The number of rotatable bonds is 5. The Kier molecular flexibility index (Phi) is 4.22. The fraction of sp³-hybridized carbons (Fsp3) is 0.333. The molecule has 1 atom stereocenters. The normalized spacial score (nSPS) is 14.1. The van der Waals surface area contributed by atoms with Gasteiger partial charge in [-0.05, 0) is 43.3 Å². The van der Waals surface area contributed by atoms with Crippen molar-refractivity contribution in [2.45, 2.75) is 25.4 Å². The van der Waals surface area contributed by atoms with Gasteiger partial charge >= 0.3 is 0 Å². The van der Waals surface area contributed by atoms with Crippen molar-refractivity contribution in [2.24, 2.45) is 0 Å². The molecule has 1 unspecified atom stereocenters. The van der Waals surface area contributed by atoms with Crippen molar-refractivity contribution in [3.8, 4) is 5.75 Å². The average Bonchev–Trinajstić information content (AvgIpc) is 2.89. The number of benzene rings is 1. The average molecular weight is 280 g/mol. The van der Waals surface area contributed by atoms with Crippen LogP contribution in [0.3, 0.4) is 0 Å². The maximum absolute atomic E-state index is 14.0. The van der Waals surface area contributed by atoms with Gasteiger partial charge in [0.25, 0.3) is 0 Å². The van der Waals surface area contributed by atoms with E-state index < -0.39 is 11.4 Å². The molecule has 2 rings (SSSR count). The quantitative estimate of drug-likeness (QED) is 0.904. The largest absolute Gasteiger partial charge is 0.496 e. The number of aryl methyl sites for hydroxylation is 1. The van der Waals surface area contributed by atoms with Crippen LogP contribution in [-0.4, -0.2) is 12.2 Å². The molecule has 0 spiro atoms. The molecule has 0 aliphatic rings. The Balaban J connectivity index is 2.23. The summed E-state index contributed by atoms with van der Waals surface area (Å²) in [5.41, 5.74) is -1.02. The smallest absolute Gasteiger partial charge is 0.133 e. The molecule has 0 saturated heterocycles. The number of halogens is 1. The summed E-state index contributed by atoms with van der Waals surface area (Å²) in [6, 6.07) is 8.57. The molecule has 0 amide bonds. The summed E-state index contributed by atoms with van der Waals surface area (Å²) in [4.78, 5) is 1.18. The van der Waals surface area contributed by atoms with E-state index >= 15 is 0 Å². The molecule has 0 aliphatic heterocycles. The molecule has 0 fully saturated rings. The Morgan fingerprint density at radius 1 is 1.32 bits per heavy atom. The maximum Gasteiger partial charge on any atom is 0.133 e. The molecule has 1 aromatic heterocycles. The number of thiophene rings is 1. The third kappa shape index (κ3) is 3.14. The second-order valence-electron chi connectivity index (χ2n) is 4.67.